The van der Waals surface area contributed by atoms with E-state index in [9.17, 15) is 19.2 Å². The number of hydrazine groups is 1. The number of ketones is 1. The summed E-state index contributed by atoms with van der Waals surface area (Å²) >= 11 is 18.4. The van der Waals surface area contributed by atoms with Crippen LogP contribution in [-0.2, 0) is 9.59 Å². The highest BCUT2D eigenvalue weighted by atomic mass is 35.5. The molecule has 9 heteroatoms. The molecule has 0 unspecified atom stereocenters. The molecule has 1 aliphatic heterocycles. The van der Waals surface area contributed by atoms with Gasteiger partial charge in [-0.25, -0.2) is 5.01 Å². The highest BCUT2D eigenvalue weighted by Gasteiger charge is 2.63. The summed E-state index contributed by atoms with van der Waals surface area (Å²) in [4.78, 5) is 57.7. The van der Waals surface area contributed by atoms with Crippen molar-refractivity contribution in [1.82, 2.24) is 10.0 Å². The van der Waals surface area contributed by atoms with Gasteiger partial charge in [-0.05, 0) is 77.2 Å². The molecule has 1 fully saturated rings. The van der Waals surface area contributed by atoms with Crippen molar-refractivity contribution in [2.75, 3.05) is 5.88 Å². The van der Waals surface area contributed by atoms with Gasteiger partial charge in [-0.1, -0.05) is 71.7 Å². The van der Waals surface area contributed by atoms with Crippen molar-refractivity contribution in [3.05, 3.63) is 140 Å². The molecule has 4 aliphatic rings. The van der Waals surface area contributed by atoms with Crippen LogP contribution in [-0.4, -0.2) is 45.4 Å². The summed E-state index contributed by atoms with van der Waals surface area (Å²) in [6.45, 7) is 0. The van der Waals surface area contributed by atoms with Crippen molar-refractivity contribution in [1.29, 1.82) is 0 Å². The molecule has 0 saturated carbocycles. The molecule has 4 aromatic rings. The summed E-state index contributed by atoms with van der Waals surface area (Å²) in [5.41, 5.74) is 4.46. The molecule has 220 valence electrons. The molecule has 2 bridgehead atoms. The first-order valence-electron chi connectivity index (χ1n) is 14.3. The van der Waals surface area contributed by atoms with Gasteiger partial charge in [0.2, 0.25) is 0 Å². The summed E-state index contributed by atoms with van der Waals surface area (Å²) in [7, 11) is 0. The van der Waals surface area contributed by atoms with Crippen LogP contribution in [0.1, 0.15) is 61.2 Å². The normalized spacial score (nSPS) is 21.8. The molecule has 3 amide bonds. The van der Waals surface area contributed by atoms with Crippen LogP contribution in [0.2, 0.25) is 10.0 Å². The highest BCUT2D eigenvalue weighted by Crippen LogP contribution is 2.61. The fourth-order valence-electron chi connectivity index (χ4n) is 7.24. The van der Waals surface area contributed by atoms with Crippen LogP contribution in [0.4, 0.5) is 0 Å². The van der Waals surface area contributed by atoms with Crippen molar-refractivity contribution >= 4 is 58.3 Å². The third-order valence-corrected chi connectivity index (χ3v) is 9.77. The number of Topliss-reactive ketones (excluding diaryl/α,β-unsaturated/α-hetero) is 1. The van der Waals surface area contributed by atoms with E-state index in [0.29, 0.717) is 10.0 Å². The van der Waals surface area contributed by atoms with Gasteiger partial charge < -0.3 is 0 Å². The number of halogens is 3. The Morgan fingerprint density at radius 3 is 1.48 bits per heavy atom. The van der Waals surface area contributed by atoms with E-state index in [4.69, 9.17) is 34.8 Å². The monoisotopic (exact) mass is 642 g/mol. The Morgan fingerprint density at radius 1 is 0.659 bits per heavy atom. The van der Waals surface area contributed by atoms with Crippen LogP contribution in [0, 0.1) is 11.8 Å². The maximum absolute atomic E-state index is 14.6. The Morgan fingerprint density at radius 2 is 1.07 bits per heavy atom. The Hall–Kier alpha value is -3.97. The van der Waals surface area contributed by atoms with Gasteiger partial charge in [0.25, 0.3) is 17.7 Å². The average Bonchev–Trinajstić information content (AvgIpc) is 3.31. The van der Waals surface area contributed by atoms with Gasteiger partial charge in [0.15, 0.2) is 5.78 Å². The standard InChI is InChI=1S/C35H25Cl3N2O4/c36-18-17-27(32(41)19-9-13-21(37)14-10-19)39(33(42)20-11-15-22(38)16-12-20)40-34(43)30-28-23-5-1-2-6-24(23)29(31(30)35(40)44)26-8-4-3-7-25(26)28/h1-16,27-31H,17-18H2/t27-,28?,29?,30+,31+/m0/s1. The van der Waals surface area contributed by atoms with Crippen LogP contribution < -0.4 is 0 Å². The molecule has 0 aromatic heterocycles. The quantitative estimate of drug-likeness (QED) is 0.122. The third-order valence-electron chi connectivity index (χ3n) is 9.05. The van der Waals surface area contributed by atoms with E-state index >= 15 is 0 Å². The molecule has 0 radical (unpaired) electrons. The number of hydrogen-bond acceptors (Lipinski definition) is 4. The highest BCUT2D eigenvalue weighted by molar-refractivity contribution is 6.31. The summed E-state index contributed by atoms with van der Waals surface area (Å²) in [5.74, 6) is -4.37. The van der Waals surface area contributed by atoms with Gasteiger partial charge in [0.05, 0.1) is 11.8 Å². The fourth-order valence-corrected chi connectivity index (χ4v) is 7.70. The van der Waals surface area contributed by atoms with E-state index < -0.39 is 41.4 Å². The van der Waals surface area contributed by atoms with Gasteiger partial charge in [0.1, 0.15) is 6.04 Å². The van der Waals surface area contributed by atoms with Crippen molar-refractivity contribution in [3.63, 3.8) is 0 Å². The molecule has 3 aliphatic carbocycles. The van der Waals surface area contributed by atoms with E-state index in [1.807, 2.05) is 48.5 Å². The lowest BCUT2D eigenvalue weighted by atomic mass is 9.55. The number of amides is 3. The SMILES string of the molecule is O=C(c1ccc(Cl)cc1)[C@H](CCCl)N(C(=O)c1ccc(Cl)cc1)N1C(=O)[C@@H]2C3c4ccccc4C(c4ccccc43)[C@H]2C1=O. The van der Waals surface area contributed by atoms with Gasteiger partial charge in [-0.15, -0.1) is 11.6 Å². The molecule has 1 saturated heterocycles. The number of hydrogen-bond donors (Lipinski definition) is 0. The van der Waals surface area contributed by atoms with Gasteiger partial charge in [-0.2, -0.15) is 5.01 Å². The van der Waals surface area contributed by atoms with Gasteiger partial charge in [0, 0.05) is 38.9 Å². The molecular formula is C35H25Cl3N2O4. The maximum Gasteiger partial charge on any atom is 0.273 e. The molecule has 44 heavy (non-hydrogen) atoms. The molecule has 4 aromatic carbocycles. The second-order valence-electron chi connectivity index (χ2n) is 11.3. The van der Waals surface area contributed by atoms with Crippen LogP contribution in [0.3, 0.4) is 0 Å². The lowest BCUT2D eigenvalue weighted by molar-refractivity contribution is -0.156. The van der Waals surface area contributed by atoms with Crippen molar-refractivity contribution in [2.24, 2.45) is 11.8 Å². The topological polar surface area (TPSA) is 74.8 Å². The second-order valence-corrected chi connectivity index (χ2v) is 12.5. The fraction of sp³-hybridized carbons (Fsp3) is 0.200. The van der Waals surface area contributed by atoms with E-state index in [0.717, 1.165) is 32.3 Å². The first-order chi connectivity index (χ1) is 21.3. The Labute approximate surface area is 269 Å². The lowest BCUT2D eigenvalue weighted by Crippen LogP contribution is -2.57. The first-order valence-corrected chi connectivity index (χ1v) is 15.6. The smallest absolute Gasteiger partial charge is 0.273 e. The minimum atomic E-state index is -1.24. The Kier molecular flexibility index (Phi) is 7.32. The second kappa shape index (κ2) is 11.2. The Balaban J connectivity index is 1.38. The number of benzene rings is 4. The zero-order chi connectivity index (χ0) is 30.7. The van der Waals surface area contributed by atoms with E-state index in [1.54, 1.807) is 36.4 Å². The average molecular weight is 644 g/mol. The summed E-state index contributed by atoms with van der Waals surface area (Å²) in [6, 6.07) is 26.9. The minimum Gasteiger partial charge on any atom is -0.292 e. The molecule has 0 spiro atoms. The van der Waals surface area contributed by atoms with Crippen LogP contribution >= 0.6 is 34.8 Å². The molecular weight excluding hydrogens is 619 g/mol. The maximum atomic E-state index is 14.6. The summed E-state index contributed by atoms with van der Waals surface area (Å²) in [5, 5.41) is 2.83. The van der Waals surface area contributed by atoms with Crippen LogP contribution in [0.25, 0.3) is 0 Å². The van der Waals surface area contributed by atoms with Crippen LogP contribution in [0.5, 0.6) is 0 Å². The molecule has 1 heterocycles. The number of nitrogens with zero attached hydrogens (tertiary/aromatic N) is 2. The Bertz CT molecular complexity index is 1710. The zero-order valence-electron chi connectivity index (χ0n) is 23.2. The molecule has 6 nitrogen and oxygen atoms in total. The van der Waals surface area contributed by atoms with E-state index in [2.05, 4.69) is 0 Å². The largest absolute Gasteiger partial charge is 0.292 e. The van der Waals surface area contributed by atoms with E-state index in [-0.39, 0.29) is 35.3 Å². The third kappa shape index (κ3) is 4.39. The number of carbonyl (C=O) groups is 4. The lowest BCUT2D eigenvalue weighted by Gasteiger charge is -2.45. The first kappa shape index (κ1) is 28.8. The summed E-state index contributed by atoms with van der Waals surface area (Å²) < 4.78 is 0. The zero-order valence-corrected chi connectivity index (χ0v) is 25.5. The van der Waals surface area contributed by atoms with Gasteiger partial charge >= 0.3 is 0 Å². The van der Waals surface area contributed by atoms with Crippen molar-refractivity contribution in [2.45, 2.75) is 24.3 Å². The number of alkyl halides is 1. The predicted octanol–water partition coefficient (Wildman–Crippen LogP) is 7.12. The van der Waals surface area contributed by atoms with Crippen molar-refractivity contribution < 1.29 is 19.2 Å². The number of carbonyl (C=O) groups excluding carboxylic acids is 4. The predicted molar refractivity (Wildman–Crippen MR) is 168 cm³/mol. The number of imide groups is 1. The molecule has 3 atom stereocenters. The van der Waals surface area contributed by atoms with Gasteiger partial charge in [-0.3, -0.25) is 19.2 Å². The molecule has 8 rings (SSSR count). The summed E-state index contributed by atoms with van der Waals surface area (Å²) in [6.07, 6.45) is 0.00203. The van der Waals surface area contributed by atoms with E-state index in [1.165, 1.54) is 12.1 Å². The molecule has 0 N–H and O–H groups in total. The number of rotatable bonds is 7. The minimum absolute atomic E-state index is 0.000392. The van der Waals surface area contributed by atoms with Crippen molar-refractivity contribution in [3.8, 4) is 0 Å². The van der Waals surface area contributed by atoms with Crippen LogP contribution in [0.15, 0.2) is 97.1 Å².